The molecule has 0 aliphatic carbocycles. The number of carbonyl (C=O) groups is 1. The van der Waals surface area contributed by atoms with E-state index in [1.807, 2.05) is 47.4 Å². The highest BCUT2D eigenvalue weighted by molar-refractivity contribution is 6.30. The summed E-state index contributed by atoms with van der Waals surface area (Å²) in [7, 11) is 4.66. The van der Waals surface area contributed by atoms with Crippen LogP contribution in [0.15, 0.2) is 84.9 Å². The number of methoxy groups -OCH3 is 3. The first-order chi connectivity index (χ1) is 25.3. The zero-order chi connectivity index (χ0) is 36.2. The van der Waals surface area contributed by atoms with Gasteiger partial charge in [0.25, 0.3) is 5.91 Å². The predicted octanol–water partition coefficient (Wildman–Crippen LogP) is 7.65. The second-order valence-electron chi connectivity index (χ2n) is 13.8. The van der Waals surface area contributed by atoms with Gasteiger partial charge < -0.3 is 33.9 Å². The van der Waals surface area contributed by atoms with E-state index in [4.69, 9.17) is 30.8 Å². The molecule has 0 radical (unpaired) electrons. The molecule has 3 heterocycles. The predicted molar refractivity (Wildman–Crippen MR) is 203 cm³/mol. The van der Waals surface area contributed by atoms with Crippen molar-refractivity contribution >= 4 is 34.5 Å². The van der Waals surface area contributed by atoms with E-state index in [1.54, 1.807) is 33.5 Å². The number of nitrogens with zero attached hydrogens (tertiary/aromatic N) is 4. The molecule has 1 amide bonds. The lowest BCUT2D eigenvalue weighted by atomic mass is 9.76. The van der Waals surface area contributed by atoms with Crippen LogP contribution in [0, 0.1) is 5.82 Å². The lowest BCUT2D eigenvalue weighted by Gasteiger charge is -2.36. The van der Waals surface area contributed by atoms with Crippen LogP contribution in [0.4, 0.5) is 10.3 Å². The van der Waals surface area contributed by atoms with Gasteiger partial charge in [-0.1, -0.05) is 48.0 Å². The van der Waals surface area contributed by atoms with Crippen LogP contribution in [0.25, 0.3) is 11.0 Å². The average Bonchev–Trinajstić information content (AvgIpc) is 3.77. The van der Waals surface area contributed by atoms with Crippen LogP contribution >= 0.6 is 11.6 Å². The number of hydrogen-bond donors (Lipinski definition) is 1. The van der Waals surface area contributed by atoms with Crippen molar-refractivity contribution in [3.63, 3.8) is 0 Å². The Morgan fingerprint density at radius 3 is 2.29 bits per heavy atom. The number of rotatable bonds is 12. The molecule has 272 valence electrons. The lowest BCUT2D eigenvalue weighted by molar-refractivity contribution is 0.0779. The summed E-state index contributed by atoms with van der Waals surface area (Å²) >= 11 is 6.32. The topological polar surface area (TPSA) is 81.1 Å². The van der Waals surface area contributed by atoms with E-state index in [0.29, 0.717) is 47.5 Å². The number of amides is 1. The van der Waals surface area contributed by atoms with E-state index < -0.39 is 0 Å². The van der Waals surface area contributed by atoms with Crippen molar-refractivity contribution in [1.82, 2.24) is 19.4 Å². The number of nitrogens with one attached hydrogen (secondary N) is 1. The highest BCUT2D eigenvalue weighted by Gasteiger charge is 2.42. The molecule has 0 saturated carbocycles. The number of aromatic nitrogens is 2. The molecule has 7 rings (SSSR count). The van der Waals surface area contributed by atoms with Crippen molar-refractivity contribution in [2.45, 2.75) is 43.7 Å². The van der Waals surface area contributed by atoms with Gasteiger partial charge in [-0.25, -0.2) is 9.37 Å². The van der Waals surface area contributed by atoms with Crippen molar-refractivity contribution in [3.05, 3.63) is 112 Å². The summed E-state index contributed by atoms with van der Waals surface area (Å²) in [5.74, 6) is 1.91. The quantitative estimate of drug-likeness (QED) is 0.142. The molecular formula is C41H45ClFN5O4. The summed E-state index contributed by atoms with van der Waals surface area (Å²) in [6.07, 6.45) is 3.74. The van der Waals surface area contributed by atoms with E-state index in [1.165, 1.54) is 17.7 Å². The average molecular weight is 726 g/mol. The van der Waals surface area contributed by atoms with Crippen LogP contribution in [0.5, 0.6) is 17.2 Å². The number of anilines is 1. The maximum absolute atomic E-state index is 14.0. The normalized spacial score (nSPS) is 18.1. The van der Waals surface area contributed by atoms with E-state index in [2.05, 4.69) is 33.0 Å². The number of carbonyl (C=O) groups excluding carboxylic acids is 1. The number of piperidine rings is 1. The Bertz CT molecular complexity index is 1990. The molecule has 9 nitrogen and oxygen atoms in total. The van der Waals surface area contributed by atoms with Crippen LogP contribution in [0.3, 0.4) is 0 Å². The van der Waals surface area contributed by atoms with E-state index in [-0.39, 0.29) is 23.2 Å². The fourth-order valence-electron chi connectivity index (χ4n) is 7.79. The fraction of sp³-hybridized carbons (Fsp3) is 0.366. The third-order valence-corrected chi connectivity index (χ3v) is 11.0. The smallest absolute Gasteiger partial charge is 0.254 e. The summed E-state index contributed by atoms with van der Waals surface area (Å²) in [4.78, 5) is 23.4. The van der Waals surface area contributed by atoms with Gasteiger partial charge in [-0.3, -0.25) is 4.79 Å². The molecule has 1 aromatic heterocycles. The maximum atomic E-state index is 14.0. The summed E-state index contributed by atoms with van der Waals surface area (Å²) in [5.41, 5.74) is 4.50. The Morgan fingerprint density at radius 2 is 1.62 bits per heavy atom. The summed E-state index contributed by atoms with van der Waals surface area (Å²) < 4.78 is 32.4. The summed E-state index contributed by atoms with van der Waals surface area (Å²) in [6.45, 7) is 4.69. The van der Waals surface area contributed by atoms with E-state index in [9.17, 15) is 9.18 Å². The second kappa shape index (κ2) is 15.4. The molecule has 2 aliphatic heterocycles. The molecule has 2 fully saturated rings. The number of ether oxygens (including phenoxy) is 3. The van der Waals surface area contributed by atoms with Crippen LogP contribution in [-0.2, 0) is 12.0 Å². The SMILES string of the molecule is COc1cc(C(=O)N2CCC(CCN3CCC(Nc4nc5ccccc5n4Cc4ccc(F)cc4)CC3)(c3ccc(Cl)cc3)C2)cc(OC)c1OC. The Morgan fingerprint density at radius 1 is 0.923 bits per heavy atom. The van der Waals surface area contributed by atoms with Gasteiger partial charge in [-0.15, -0.1) is 0 Å². The fourth-order valence-corrected chi connectivity index (χ4v) is 7.92. The van der Waals surface area contributed by atoms with Gasteiger partial charge in [-0.2, -0.15) is 0 Å². The van der Waals surface area contributed by atoms with Crippen molar-refractivity contribution in [2.75, 3.05) is 59.4 Å². The van der Waals surface area contributed by atoms with Crippen LogP contribution in [0.1, 0.15) is 47.2 Å². The van der Waals surface area contributed by atoms with Gasteiger partial charge in [0.1, 0.15) is 5.82 Å². The Balaban J connectivity index is 1.02. The highest BCUT2D eigenvalue weighted by atomic mass is 35.5. The number of benzene rings is 4. The monoisotopic (exact) mass is 725 g/mol. The highest BCUT2D eigenvalue weighted by Crippen LogP contribution is 2.42. The molecule has 2 aliphatic rings. The number of halogens is 2. The standard InChI is InChI=1S/C41H45ClFN5O4/c1-50-36-24-29(25-37(51-2)38(36)52-3)39(49)47-23-19-41(27-47,30-10-12-31(42)13-11-30)18-22-46-20-16-33(17-21-46)44-40-45-34-6-4-5-7-35(34)48(40)26-28-8-14-32(43)15-9-28/h4-15,24-25,33H,16-23,26-27H2,1-3H3,(H,44,45). The number of hydrogen-bond acceptors (Lipinski definition) is 7. The van der Waals surface area contributed by atoms with Gasteiger partial charge in [0.15, 0.2) is 11.5 Å². The first-order valence-corrected chi connectivity index (χ1v) is 18.2. The molecule has 1 atom stereocenters. The largest absolute Gasteiger partial charge is 0.493 e. The molecular weight excluding hydrogens is 681 g/mol. The van der Waals surface area contributed by atoms with Gasteiger partial charge in [0.2, 0.25) is 11.7 Å². The number of imidazole rings is 1. The third kappa shape index (κ3) is 7.41. The van der Waals surface area contributed by atoms with Gasteiger partial charge in [-0.05, 0) is 91.9 Å². The molecule has 2 saturated heterocycles. The molecule has 0 bridgehead atoms. The number of likely N-dealkylation sites (tertiary alicyclic amines) is 2. The van der Waals surface area contributed by atoms with Gasteiger partial charge in [0, 0.05) is 48.2 Å². The van der Waals surface area contributed by atoms with Crippen LogP contribution < -0.4 is 19.5 Å². The minimum Gasteiger partial charge on any atom is -0.493 e. The van der Waals surface area contributed by atoms with Crippen molar-refractivity contribution < 1.29 is 23.4 Å². The molecule has 11 heteroatoms. The summed E-state index contributed by atoms with van der Waals surface area (Å²) in [5, 5.41) is 4.45. The minimum absolute atomic E-state index is 0.0626. The molecule has 0 spiro atoms. The maximum Gasteiger partial charge on any atom is 0.254 e. The zero-order valence-electron chi connectivity index (χ0n) is 29.9. The molecule has 1 unspecified atom stereocenters. The lowest BCUT2D eigenvalue weighted by Crippen LogP contribution is -2.42. The van der Waals surface area contributed by atoms with Crippen LogP contribution in [-0.4, -0.2) is 85.4 Å². The Labute approximate surface area is 309 Å². The molecule has 52 heavy (non-hydrogen) atoms. The zero-order valence-corrected chi connectivity index (χ0v) is 30.7. The minimum atomic E-state index is -0.238. The number of para-hydroxylation sites is 2. The summed E-state index contributed by atoms with van der Waals surface area (Å²) in [6, 6.07) is 26.7. The van der Waals surface area contributed by atoms with E-state index in [0.717, 1.165) is 67.9 Å². The first-order valence-electron chi connectivity index (χ1n) is 17.8. The van der Waals surface area contributed by atoms with Crippen molar-refractivity contribution in [1.29, 1.82) is 0 Å². The Kier molecular flexibility index (Phi) is 10.6. The number of fused-ring (bicyclic) bond motifs is 1. The van der Waals surface area contributed by atoms with Crippen molar-refractivity contribution in [2.24, 2.45) is 0 Å². The second-order valence-corrected chi connectivity index (χ2v) is 14.3. The Hall–Kier alpha value is -4.80. The van der Waals surface area contributed by atoms with Crippen molar-refractivity contribution in [3.8, 4) is 17.2 Å². The van der Waals surface area contributed by atoms with Gasteiger partial charge in [0.05, 0.1) is 38.9 Å². The van der Waals surface area contributed by atoms with Crippen LogP contribution in [0.2, 0.25) is 5.02 Å². The molecule has 5 aromatic rings. The third-order valence-electron chi connectivity index (χ3n) is 10.7. The molecule has 1 N–H and O–H groups in total. The molecule has 4 aromatic carbocycles. The van der Waals surface area contributed by atoms with E-state index >= 15 is 0 Å². The first kappa shape index (κ1) is 35.6. The van der Waals surface area contributed by atoms with Gasteiger partial charge >= 0.3 is 0 Å².